The van der Waals surface area contributed by atoms with Crippen LogP contribution in [0.1, 0.15) is 27.7 Å². The van der Waals surface area contributed by atoms with Gasteiger partial charge in [0, 0.05) is 11.3 Å². The first kappa shape index (κ1) is 13.8. The van der Waals surface area contributed by atoms with Crippen LogP contribution in [0.5, 0.6) is 0 Å². The lowest BCUT2D eigenvalue weighted by atomic mass is 10.4. The molecule has 0 heterocycles. The van der Waals surface area contributed by atoms with Crippen molar-refractivity contribution in [3.63, 3.8) is 0 Å². The lowest BCUT2D eigenvalue weighted by molar-refractivity contribution is 0.746. The smallest absolute Gasteiger partial charge is 0.134 e. The van der Waals surface area contributed by atoms with E-state index < -0.39 is 0 Å². The maximum absolute atomic E-state index is 5.06. The van der Waals surface area contributed by atoms with Crippen LogP contribution < -0.4 is 11.5 Å². The Hall–Kier alpha value is 0.200. The normalized spacial score (nSPS) is 9.64. The topological polar surface area (TPSA) is 47.0 Å². The largest absolute Gasteiger partial charge is 0.369 e. The van der Waals surface area contributed by atoms with Gasteiger partial charge in [0.15, 0.2) is 0 Å². The van der Waals surface area contributed by atoms with Crippen molar-refractivity contribution < 1.29 is 0 Å². The van der Waals surface area contributed by atoms with E-state index in [0.29, 0.717) is 11.3 Å². The van der Waals surface area contributed by atoms with Crippen LogP contribution in [0.2, 0.25) is 0 Å². The Morgan fingerprint density at radius 2 is 1.73 bits per heavy atom. The van der Waals surface area contributed by atoms with Crippen LogP contribution in [-0.4, -0.2) is 15.6 Å². The van der Waals surface area contributed by atoms with Crippen molar-refractivity contribution in [1.82, 2.24) is 11.5 Å². The predicted molar refractivity (Wildman–Crippen MR) is 58.6 cm³/mol. The van der Waals surface area contributed by atoms with Crippen LogP contribution in [0.3, 0.4) is 0 Å². The number of hydrogen-bond acceptors (Lipinski definition) is 3. The molecule has 0 bridgehead atoms. The summed E-state index contributed by atoms with van der Waals surface area (Å²) >= 11 is 6.76. The molecule has 0 atom stereocenters. The maximum atomic E-state index is 5.06. The molecule has 0 rings (SSSR count). The van der Waals surface area contributed by atoms with Crippen LogP contribution in [0, 0.1) is 0 Å². The Morgan fingerprint density at radius 1 is 1.27 bits per heavy atom. The second-order valence-corrected chi connectivity index (χ2v) is 5.01. The molecule has 0 aliphatic heterocycles. The van der Waals surface area contributed by atoms with E-state index in [1.165, 1.54) is 0 Å². The molecule has 0 aliphatic carbocycles. The number of rotatable bonds is 2. The van der Waals surface area contributed by atoms with Gasteiger partial charge in [0.2, 0.25) is 0 Å². The molecule has 68 valence electrons. The van der Waals surface area contributed by atoms with Crippen molar-refractivity contribution in [3.8, 4) is 0 Å². The quantitative estimate of drug-likeness (QED) is 0.663. The van der Waals surface area contributed by atoms with E-state index in [1.807, 2.05) is 0 Å². The highest BCUT2D eigenvalue weighted by molar-refractivity contribution is 8.23. The fraction of sp³-hybridized carbons (Fsp3) is 0.857. The van der Waals surface area contributed by atoms with Crippen molar-refractivity contribution in [2.75, 3.05) is 0 Å². The van der Waals surface area contributed by atoms with Crippen molar-refractivity contribution in [3.05, 3.63) is 0 Å². The third-order valence-electron chi connectivity index (χ3n) is 0.749. The third-order valence-corrected chi connectivity index (χ3v) is 1.96. The Labute approximate surface area is 79.1 Å². The van der Waals surface area contributed by atoms with E-state index in [4.69, 9.17) is 12.2 Å². The molecule has 2 nitrogen and oxygen atoms in total. The molecule has 0 aromatic heterocycles. The molecule has 4 heteroatoms. The van der Waals surface area contributed by atoms with Gasteiger partial charge in [-0.1, -0.05) is 37.8 Å². The van der Waals surface area contributed by atoms with Crippen LogP contribution >= 0.6 is 24.0 Å². The summed E-state index contributed by atoms with van der Waals surface area (Å²) in [5, 5.41) is 3.75. The first-order valence-electron chi connectivity index (χ1n) is 3.49. The molecule has 0 aromatic rings. The zero-order valence-electron chi connectivity index (χ0n) is 7.68. The molecular weight excluding hydrogens is 176 g/mol. The summed E-state index contributed by atoms with van der Waals surface area (Å²) in [6.45, 7) is 8.46. The fourth-order valence-electron chi connectivity index (χ4n) is 0.484. The average Bonchev–Trinajstić information content (AvgIpc) is 1.58. The van der Waals surface area contributed by atoms with Crippen LogP contribution in [-0.2, 0) is 0 Å². The van der Waals surface area contributed by atoms with Gasteiger partial charge in [-0.3, -0.25) is 0 Å². The number of thiocarbonyl (C=S) groups is 1. The summed E-state index contributed by atoms with van der Waals surface area (Å²) in [6.07, 6.45) is 0. The Kier molecular flexibility index (Phi) is 8.61. The number of thioether (sulfide) groups is 1. The van der Waals surface area contributed by atoms with Crippen molar-refractivity contribution in [2.24, 2.45) is 0 Å². The maximum Gasteiger partial charge on any atom is 0.134 e. The van der Waals surface area contributed by atoms with Gasteiger partial charge in [-0.25, -0.2) is 0 Å². The summed E-state index contributed by atoms with van der Waals surface area (Å²) in [5.74, 6) is 0. The van der Waals surface area contributed by atoms with Crippen LogP contribution in [0.15, 0.2) is 0 Å². The standard InChI is InChI=1S/C7H15NS2.H3N/c1-5(2)8-7(9)10-6(3)4;/h5-6H,1-4H3,(H,8,9);1H3. The molecule has 0 aromatic carbocycles. The second-order valence-electron chi connectivity index (χ2n) is 2.75. The Morgan fingerprint density at radius 3 is 2.00 bits per heavy atom. The van der Waals surface area contributed by atoms with Gasteiger partial charge in [-0.2, -0.15) is 0 Å². The summed E-state index contributed by atoms with van der Waals surface area (Å²) in [6, 6.07) is 0.457. The van der Waals surface area contributed by atoms with E-state index in [2.05, 4.69) is 33.0 Å². The first-order valence-corrected chi connectivity index (χ1v) is 4.78. The van der Waals surface area contributed by atoms with Gasteiger partial charge in [0.25, 0.3) is 0 Å². The molecule has 0 radical (unpaired) electrons. The predicted octanol–water partition coefficient (Wildman–Crippen LogP) is 2.57. The van der Waals surface area contributed by atoms with E-state index in [-0.39, 0.29) is 6.15 Å². The monoisotopic (exact) mass is 194 g/mol. The average molecular weight is 194 g/mol. The van der Waals surface area contributed by atoms with Gasteiger partial charge < -0.3 is 11.5 Å². The molecule has 0 amide bonds. The van der Waals surface area contributed by atoms with E-state index in [0.717, 1.165) is 4.32 Å². The summed E-state index contributed by atoms with van der Waals surface area (Å²) in [5.41, 5.74) is 0. The van der Waals surface area contributed by atoms with Crippen molar-refractivity contribution >= 4 is 28.3 Å². The number of nitrogens with one attached hydrogen (secondary N) is 1. The molecule has 0 saturated carbocycles. The molecule has 0 fully saturated rings. The molecule has 4 N–H and O–H groups in total. The van der Waals surface area contributed by atoms with Crippen LogP contribution in [0.4, 0.5) is 0 Å². The first-order chi connectivity index (χ1) is 4.52. The summed E-state index contributed by atoms with van der Waals surface area (Å²) < 4.78 is 0.907. The highest BCUT2D eigenvalue weighted by Crippen LogP contribution is 2.10. The lowest BCUT2D eigenvalue weighted by Crippen LogP contribution is -2.27. The minimum atomic E-state index is 0. The molecular formula is C7H18N2S2. The summed E-state index contributed by atoms with van der Waals surface area (Å²) in [7, 11) is 0. The Balaban J connectivity index is 0. The van der Waals surface area contributed by atoms with E-state index in [1.54, 1.807) is 11.8 Å². The van der Waals surface area contributed by atoms with Gasteiger partial charge in [-0.05, 0) is 13.8 Å². The van der Waals surface area contributed by atoms with Crippen molar-refractivity contribution in [1.29, 1.82) is 0 Å². The Bertz CT molecular complexity index is 101. The minimum absolute atomic E-state index is 0. The number of hydrogen-bond donors (Lipinski definition) is 2. The van der Waals surface area contributed by atoms with Crippen LogP contribution in [0.25, 0.3) is 0 Å². The zero-order valence-corrected chi connectivity index (χ0v) is 9.31. The van der Waals surface area contributed by atoms with E-state index >= 15 is 0 Å². The molecule has 0 saturated heterocycles. The molecule has 0 unspecified atom stereocenters. The molecule has 0 spiro atoms. The lowest BCUT2D eigenvalue weighted by Gasteiger charge is -2.11. The molecule has 0 aliphatic rings. The molecule has 11 heavy (non-hydrogen) atoms. The highest BCUT2D eigenvalue weighted by atomic mass is 32.2. The summed E-state index contributed by atoms with van der Waals surface area (Å²) in [4.78, 5) is 0. The minimum Gasteiger partial charge on any atom is -0.369 e. The third kappa shape index (κ3) is 10.2. The van der Waals surface area contributed by atoms with Gasteiger partial charge >= 0.3 is 0 Å². The van der Waals surface area contributed by atoms with E-state index in [9.17, 15) is 0 Å². The highest BCUT2D eigenvalue weighted by Gasteiger charge is 2.01. The second kappa shape index (κ2) is 6.88. The van der Waals surface area contributed by atoms with Gasteiger partial charge in [-0.15, -0.1) is 0 Å². The zero-order chi connectivity index (χ0) is 8.15. The fourth-order valence-corrected chi connectivity index (χ4v) is 2.03. The van der Waals surface area contributed by atoms with Gasteiger partial charge in [0.05, 0.1) is 0 Å². The van der Waals surface area contributed by atoms with Crippen molar-refractivity contribution in [2.45, 2.75) is 39.0 Å². The SMILES string of the molecule is CC(C)NC(=S)SC(C)C.N. The van der Waals surface area contributed by atoms with Gasteiger partial charge in [0.1, 0.15) is 4.32 Å².